The molecule has 12 atom stereocenters. The summed E-state index contributed by atoms with van der Waals surface area (Å²) in [6.45, 7) is 4.45. The molecule has 0 aromatic carbocycles. The van der Waals surface area contributed by atoms with Gasteiger partial charge in [0, 0.05) is 12.6 Å². The van der Waals surface area contributed by atoms with Crippen LogP contribution in [-0.2, 0) is 23.7 Å². The number of hydrogen-bond acceptors (Lipinski definition) is 15. The van der Waals surface area contributed by atoms with Gasteiger partial charge in [0.05, 0.1) is 31.3 Å². The number of amides is 1. The van der Waals surface area contributed by atoms with E-state index in [9.17, 15) is 25.2 Å². The molecule has 3 heterocycles. The Hall–Kier alpha value is -1.51. The minimum Gasteiger partial charge on any atom is -0.467 e. The van der Waals surface area contributed by atoms with Gasteiger partial charge >= 0.3 is 0 Å². The van der Waals surface area contributed by atoms with E-state index in [0.717, 1.165) is 32.5 Å². The van der Waals surface area contributed by atoms with Gasteiger partial charge < -0.3 is 77.8 Å². The van der Waals surface area contributed by atoms with Crippen molar-refractivity contribution in [3.05, 3.63) is 11.8 Å². The zero-order valence-electron chi connectivity index (χ0n) is 25.6. The van der Waals surface area contributed by atoms with E-state index in [0.29, 0.717) is 24.6 Å². The van der Waals surface area contributed by atoms with Crippen LogP contribution in [0.4, 0.5) is 0 Å². The molecular weight excluding hydrogens is 578 g/mol. The first kappa shape index (κ1) is 35.3. The summed E-state index contributed by atoms with van der Waals surface area (Å²) in [6, 6.07) is -3.04. The molecule has 0 spiro atoms. The number of carbonyl (C=O) groups excluding carboxylic acids is 1. The fourth-order valence-corrected chi connectivity index (χ4v) is 6.39. The molecule has 1 aliphatic carbocycles. The summed E-state index contributed by atoms with van der Waals surface area (Å²) in [6.07, 6.45) is -3.95. The predicted molar refractivity (Wildman–Crippen MR) is 159 cm³/mol. The van der Waals surface area contributed by atoms with Gasteiger partial charge in [-0.2, -0.15) is 0 Å². The van der Waals surface area contributed by atoms with E-state index >= 15 is 0 Å². The zero-order chi connectivity index (χ0) is 32.0. The van der Waals surface area contributed by atoms with Crippen LogP contribution in [0.5, 0.6) is 0 Å². The third-order valence-electron chi connectivity index (χ3n) is 9.02. The van der Waals surface area contributed by atoms with Gasteiger partial charge in [-0.1, -0.05) is 0 Å². The summed E-state index contributed by atoms with van der Waals surface area (Å²) in [5, 5.41) is 55.5. The van der Waals surface area contributed by atoms with Crippen LogP contribution in [-0.4, -0.2) is 146 Å². The quantitative estimate of drug-likeness (QED) is 0.0966. The fraction of sp³-hybridized carbons (Fsp3) is 0.893. The summed E-state index contributed by atoms with van der Waals surface area (Å²) in [4.78, 5) is 12.6. The molecule has 3 fully saturated rings. The van der Waals surface area contributed by atoms with Gasteiger partial charge in [-0.25, -0.2) is 0 Å². The number of nitrogens with two attached hydrogens (primary N) is 3. The average Bonchev–Trinajstić information content (AvgIpc) is 2.99. The number of rotatable bonds is 12. The van der Waals surface area contributed by atoms with E-state index < -0.39 is 78.8 Å². The lowest BCUT2D eigenvalue weighted by molar-refractivity contribution is -0.304. The number of ether oxygens (including phenoxy) is 4. The molecule has 16 heteroatoms. The number of aliphatic hydroxyl groups is 4. The van der Waals surface area contributed by atoms with Crippen LogP contribution in [0.25, 0.3) is 0 Å². The molecule has 0 aromatic rings. The van der Waals surface area contributed by atoms with Crippen LogP contribution >= 0.6 is 0 Å². The lowest BCUT2D eigenvalue weighted by atomic mass is 9.83. The van der Waals surface area contributed by atoms with Crippen molar-refractivity contribution in [1.82, 2.24) is 21.3 Å². The summed E-state index contributed by atoms with van der Waals surface area (Å²) < 4.78 is 24.1. The van der Waals surface area contributed by atoms with Crippen LogP contribution in [0.2, 0.25) is 0 Å². The second kappa shape index (κ2) is 15.9. The summed E-state index contributed by atoms with van der Waals surface area (Å²) >= 11 is 0. The highest BCUT2D eigenvalue weighted by Crippen LogP contribution is 2.32. The smallest absolute Gasteiger partial charge is 0.250 e. The van der Waals surface area contributed by atoms with Crippen LogP contribution in [0.15, 0.2) is 11.8 Å². The number of piperidine rings is 1. The van der Waals surface area contributed by atoms with Crippen molar-refractivity contribution in [2.75, 3.05) is 46.4 Å². The van der Waals surface area contributed by atoms with E-state index in [1.165, 1.54) is 6.92 Å². The fourth-order valence-electron chi connectivity index (χ4n) is 6.39. The SMILES string of the molecule is CN[C@@H]1[C@@H](O)[C@@H](O[C@@H]2[C@@H](O)[C@H](O[C@H]3OC(CNCC4CCNCC4)=CC[C@H]3N)[C@@H](N)C[C@H]2NC(=O)[C@H](O)CN)OC[C@]1(C)O. The Bertz CT molecular complexity index is 956. The van der Waals surface area contributed by atoms with E-state index in [4.69, 9.17) is 36.1 Å². The molecule has 0 bridgehead atoms. The Balaban J connectivity index is 1.44. The monoisotopic (exact) mass is 631 g/mol. The van der Waals surface area contributed by atoms with E-state index in [1.807, 2.05) is 6.08 Å². The molecular formula is C28H53N7O9. The third kappa shape index (κ3) is 8.64. The second-order valence-corrected chi connectivity index (χ2v) is 12.6. The van der Waals surface area contributed by atoms with Crippen molar-refractivity contribution in [2.45, 2.75) is 105 Å². The van der Waals surface area contributed by atoms with Gasteiger partial charge in [0.15, 0.2) is 6.29 Å². The van der Waals surface area contributed by atoms with Crippen LogP contribution in [0.1, 0.15) is 32.6 Å². The minimum atomic E-state index is -1.49. The Morgan fingerprint density at radius 1 is 1.16 bits per heavy atom. The Labute approximate surface area is 258 Å². The molecule has 3 aliphatic heterocycles. The predicted octanol–water partition coefficient (Wildman–Crippen LogP) is -4.74. The third-order valence-corrected chi connectivity index (χ3v) is 9.02. The molecule has 44 heavy (non-hydrogen) atoms. The standard InChI is InChI=1S/C28H53N7O9/c1-28(40)13-41-27(21(38)24(28)32-2)44-23-18(35-25(39)19(36)10-29)9-17(31)22(20(23)37)43-26-16(30)4-3-15(42-26)12-34-11-14-5-7-33-8-6-14/h3,14,16-24,26-27,32-34,36-38,40H,4-13,29-31H2,1-2H3,(H,35,39)/t16-,17+,18-,19-,20+,21-,22-,23+,24-,26-,27-,28+/m1/s1. The van der Waals surface area contributed by atoms with Gasteiger partial charge in [0.25, 0.3) is 0 Å². The van der Waals surface area contributed by atoms with Gasteiger partial charge in [-0.05, 0) is 71.3 Å². The van der Waals surface area contributed by atoms with Gasteiger partial charge in [0.1, 0.15) is 41.9 Å². The lowest BCUT2D eigenvalue weighted by Crippen LogP contribution is -2.69. The highest BCUT2D eigenvalue weighted by atomic mass is 16.7. The van der Waals surface area contributed by atoms with Crippen molar-refractivity contribution in [2.24, 2.45) is 23.1 Å². The maximum absolute atomic E-state index is 12.6. The van der Waals surface area contributed by atoms with Crippen LogP contribution < -0.4 is 38.5 Å². The molecule has 0 unspecified atom stereocenters. The molecule has 4 rings (SSSR count). The first-order valence-corrected chi connectivity index (χ1v) is 15.6. The van der Waals surface area contributed by atoms with Crippen molar-refractivity contribution in [3.63, 3.8) is 0 Å². The largest absolute Gasteiger partial charge is 0.467 e. The Morgan fingerprint density at radius 3 is 2.55 bits per heavy atom. The molecule has 0 aromatic heterocycles. The van der Waals surface area contributed by atoms with Crippen molar-refractivity contribution >= 4 is 5.91 Å². The molecule has 2 saturated heterocycles. The first-order chi connectivity index (χ1) is 20.9. The van der Waals surface area contributed by atoms with Crippen LogP contribution in [0, 0.1) is 5.92 Å². The Morgan fingerprint density at radius 2 is 1.86 bits per heavy atom. The maximum Gasteiger partial charge on any atom is 0.250 e. The van der Waals surface area contributed by atoms with E-state index in [2.05, 4.69) is 21.3 Å². The molecule has 1 amide bonds. The van der Waals surface area contributed by atoms with Gasteiger partial charge in [0.2, 0.25) is 12.2 Å². The number of nitrogens with one attached hydrogen (secondary N) is 4. The minimum absolute atomic E-state index is 0.0772. The van der Waals surface area contributed by atoms with Crippen molar-refractivity contribution < 1.29 is 44.2 Å². The van der Waals surface area contributed by atoms with Crippen molar-refractivity contribution in [1.29, 1.82) is 0 Å². The molecule has 0 radical (unpaired) electrons. The molecule has 254 valence electrons. The topological polar surface area (TPSA) is 261 Å². The summed E-state index contributed by atoms with van der Waals surface area (Å²) in [5.74, 6) is 0.514. The normalized spacial score (nSPS) is 41.0. The summed E-state index contributed by atoms with van der Waals surface area (Å²) in [7, 11) is 1.58. The molecule has 1 saturated carbocycles. The first-order valence-electron chi connectivity index (χ1n) is 15.6. The van der Waals surface area contributed by atoms with Gasteiger partial charge in [-0.3, -0.25) is 4.79 Å². The highest BCUT2D eigenvalue weighted by Gasteiger charge is 2.52. The number of aliphatic hydroxyl groups excluding tert-OH is 3. The van der Waals surface area contributed by atoms with E-state index in [-0.39, 0.29) is 19.6 Å². The molecule has 14 N–H and O–H groups in total. The molecule has 4 aliphatic rings. The second-order valence-electron chi connectivity index (χ2n) is 12.6. The number of likely N-dealkylation sites (N-methyl/N-ethyl adjacent to an activating group) is 1. The lowest BCUT2D eigenvalue weighted by Gasteiger charge is -2.48. The highest BCUT2D eigenvalue weighted by molar-refractivity contribution is 5.81. The molecule has 16 nitrogen and oxygen atoms in total. The Kier molecular flexibility index (Phi) is 12.7. The number of hydrogen-bond donors (Lipinski definition) is 11. The van der Waals surface area contributed by atoms with Gasteiger partial charge in [-0.15, -0.1) is 0 Å². The zero-order valence-corrected chi connectivity index (χ0v) is 25.6. The maximum atomic E-state index is 12.6. The van der Waals surface area contributed by atoms with E-state index in [1.54, 1.807) is 7.05 Å². The number of carbonyl (C=O) groups is 1. The van der Waals surface area contributed by atoms with Crippen LogP contribution in [0.3, 0.4) is 0 Å². The average molecular weight is 632 g/mol. The summed E-state index contributed by atoms with van der Waals surface area (Å²) in [5.41, 5.74) is 16.9. The van der Waals surface area contributed by atoms with Crippen molar-refractivity contribution in [3.8, 4) is 0 Å².